The number of para-hydroxylation sites is 1. The monoisotopic (exact) mass is 270 g/mol. The molecule has 4 heteroatoms. The average molecular weight is 270 g/mol. The number of piperidine rings is 1. The minimum absolute atomic E-state index is 0.544. The molecule has 1 aliphatic rings. The van der Waals surface area contributed by atoms with Crippen LogP contribution in [0.3, 0.4) is 0 Å². The van der Waals surface area contributed by atoms with Gasteiger partial charge in [0.05, 0.1) is 5.52 Å². The molecule has 0 aliphatic carbocycles. The van der Waals surface area contributed by atoms with E-state index in [2.05, 4.69) is 45.3 Å². The Labute approximate surface area is 120 Å². The highest BCUT2D eigenvalue weighted by molar-refractivity contribution is 5.89. The Hall–Kier alpha value is -1.68. The van der Waals surface area contributed by atoms with Gasteiger partial charge in [-0.1, -0.05) is 19.1 Å². The van der Waals surface area contributed by atoms with E-state index in [0.29, 0.717) is 6.04 Å². The maximum Gasteiger partial charge on any atom is 0.140 e. The molecule has 1 atom stereocenters. The molecule has 0 spiro atoms. The second-order valence-corrected chi connectivity index (χ2v) is 5.41. The molecule has 2 heterocycles. The highest BCUT2D eigenvalue weighted by Crippen LogP contribution is 2.26. The van der Waals surface area contributed by atoms with Gasteiger partial charge in [-0.2, -0.15) is 0 Å². The predicted molar refractivity (Wildman–Crippen MR) is 83.1 cm³/mol. The van der Waals surface area contributed by atoms with E-state index in [1.807, 2.05) is 6.07 Å². The topological polar surface area (TPSA) is 41.1 Å². The number of anilines is 1. The van der Waals surface area contributed by atoms with Crippen LogP contribution in [0.5, 0.6) is 0 Å². The minimum atomic E-state index is 0.544. The molecule has 0 saturated carbocycles. The number of nitrogens with one attached hydrogen (secondary N) is 1. The first-order valence-electron chi connectivity index (χ1n) is 7.57. The van der Waals surface area contributed by atoms with Crippen LogP contribution in [0.2, 0.25) is 0 Å². The van der Waals surface area contributed by atoms with E-state index in [-0.39, 0.29) is 0 Å². The average Bonchev–Trinajstić information content (AvgIpc) is 2.53. The predicted octanol–water partition coefficient (Wildman–Crippen LogP) is 2.60. The summed E-state index contributed by atoms with van der Waals surface area (Å²) in [5, 5.41) is 4.67. The van der Waals surface area contributed by atoms with Crippen LogP contribution in [0.4, 0.5) is 5.82 Å². The number of hydrogen-bond acceptors (Lipinski definition) is 4. The van der Waals surface area contributed by atoms with Crippen LogP contribution in [-0.2, 0) is 0 Å². The van der Waals surface area contributed by atoms with Crippen LogP contribution >= 0.6 is 0 Å². The standard InChI is InChI=1S/C16H22N4/c1-2-10-20(13-6-5-9-17-11-13)16-14-7-3-4-8-15(14)18-12-19-16/h3-4,7-8,12-13,17H,2,5-6,9-11H2,1H3. The molecule has 1 unspecified atom stereocenters. The quantitative estimate of drug-likeness (QED) is 0.927. The zero-order valence-corrected chi connectivity index (χ0v) is 12.0. The number of nitrogens with zero attached hydrogens (tertiary/aromatic N) is 3. The van der Waals surface area contributed by atoms with Gasteiger partial charge in [-0.15, -0.1) is 0 Å². The van der Waals surface area contributed by atoms with Crippen LogP contribution in [0, 0.1) is 0 Å². The van der Waals surface area contributed by atoms with Crippen molar-refractivity contribution in [1.29, 1.82) is 0 Å². The van der Waals surface area contributed by atoms with Crippen molar-refractivity contribution in [1.82, 2.24) is 15.3 Å². The Balaban J connectivity index is 2.00. The van der Waals surface area contributed by atoms with Crippen molar-refractivity contribution in [2.45, 2.75) is 32.2 Å². The Bertz CT molecular complexity index is 558. The zero-order valence-electron chi connectivity index (χ0n) is 12.0. The van der Waals surface area contributed by atoms with E-state index in [9.17, 15) is 0 Å². The first-order valence-corrected chi connectivity index (χ1v) is 7.57. The lowest BCUT2D eigenvalue weighted by molar-refractivity contribution is 0.429. The molecule has 4 nitrogen and oxygen atoms in total. The molecular weight excluding hydrogens is 248 g/mol. The van der Waals surface area contributed by atoms with Gasteiger partial charge in [0.2, 0.25) is 0 Å². The number of benzene rings is 1. The van der Waals surface area contributed by atoms with E-state index in [1.54, 1.807) is 6.33 Å². The first-order chi connectivity index (χ1) is 9.90. The lowest BCUT2D eigenvalue weighted by atomic mass is 10.0. The van der Waals surface area contributed by atoms with Crippen LogP contribution in [0.25, 0.3) is 10.9 Å². The van der Waals surface area contributed by atoms with Crippen molar-refractivity contribution in [2.75, 3.05) is 24.5 Å². The summed E-state index contributed by atoms with van der Waals surface area (Å²) < 4.78 is 0. The Morgan fingerprint density at radius 1 is 1.30 bits per heavy atom. The highest BCUT2D eigenvalue weighted by Gasteiger charge is 2.23. The molecule has 1 aromatic heterocycles. The molecule has 1 fully saturated rings. The van der Waals surface area contributed by atoms with Crippen molar-refractivity contribution < 1.29 is 0 Å². The lowest BCUT2D eigenvalue weighted by Crippen LogP contribution is -2.47. The Morgan fingerprint density at radius 2 is 2.20 bits per heavy atom. The summed E-state index contributed by atoms with van der Waals surface area (Å²) in [5.74, 6) is 1.09. The molecule has 1 N–H and O–H groups in total. The van der Waals surface area contributed by atoms with Crippen LogP contribution in [-0.4, -0.2) is 35.6 Å². The van der Waals surface area contributed by atoms with E-state index in [4.69, 9.17) is 0 Å². The van der Waals surface area contributed by atoms with Crippen molar-refractivity contribution >= 4 is 16.7 Å². The van der Waals surface area contributed by atoms with Gasteiger partial charge in [-0.3, -0.25) is 0 Å². The second kappa shape index (κ2) is 6.18. The van der Waals surface area contributed by atoms with E-state index >= 15 is 0 Å². The SMILES string of the molecule is CCCN(c1ncnc2ccccc12)C1CCCNC1. The van der Waals surface area contributed by atoms with Gasteiger partial charge >= 0.3 is 0 Å². The largest absolute Gasteiger partial charge is 0.352 e. The molecule has 2 aromatic rings. The highest BCUT2D eigenvalue weighted by atomic mass is 15.2. The fourth-order valence-corrected chi connectivity index (χ4v) is 3.02. The number of rotatable bonds is 4. The normalized spacial score (nSPS) is 19.1. The third-order valence-corrected chi connectivity index (χ3v) is 3.97. The summed E-state index contributed by atoms with van der Waals surface area (Å²) >= 11 is 0. The molecular formula is C16H22N4. The van der Waals surface area contributed by atoms with E-state index < -0.39 is 0 Å². The van der Waals surface area contributed by atoms with Gasteiger partial charge in [0.25, 0.3) is 0 Å². The molecule has 1 aromatic carbocycles. The molecule has 1 saturated heterocycles. The number of aromatic nitrogens is 2. The van der Waals surface area contributed by atoms with Crippen LogP contribution < -0.4 is 10.2 Å². The minimum Gasteiger partial charge on any atom is -0.352 e. The van der Waals surface area contributed by atoms with E-state index in [0.717, 1.165) is 42.8 Å². The van der Waals surface area contributed by atoms with Crippen molar-refractivity contribution in [2.24, 2.45) is 0 Å². The lowest BCUT2D eigenvalue weighted by Gasteiger charge is -2.36. The maximum absolute atomic E-state index is 4.59. The summed E-state index contributed by atoms with van der Waals surface area (Å²) in [6, 6.07) is 8.83. The summed E-state index contributed by atoms with van der Waals surface area (Å²) in [4.78, 5) is 11.4. The third-order valence-electron chi connectivity index (χ3n) is 3.97. The van der Waals surface area contributed by atoms with Crippen LogP contribution in [0.1, 0.15) is 26.2 Å². The van der Waals surface area contributed by atoms with Gasteiger partial charge in [0, 0.05) is 24.5 Å². The Morgan fingerprint density at radius 3 is 3.00 bits per heavy atom. The summed E-state index contributed by atoms with van der Waals surface area (Å²) in [7, 11) is 0. The summed E-state index contributed by atoms with van der Waals surface area (Å²) in [6.07, 6.45) is 5.31. The zero-order chi connectivity index (χ0) is 13.8. The molecule has 106 valence electrons. The smallest absolute Gasteiger partial charge is 0.140 e. The molecule has 0 bridgehead atoms. The molecule has 20 heavy (non-hydrogen) atoms. The molecule has 1 aliphatic heterocycles. The number of hydrogen-bond donors (Lipinski definition) is 1. The maximum atomic E-state index is 4.59. The van der Waals surface area contributed by atoms with Crippen molar-refractivity contribution in [3.63, 3.8) is 0 Å². The molecule has 3 rings (SSSR count). The fourth-order valence-electron chi connectivity index (χ4n) is 3.02. The summed E-state index contributed by atoms with van der Waals surface area (Å²) in [5.41, 5.74) is 1.03. The van der Waals surface area contributed by atoms with Gasteiger partial charge in [0.15, 0.2) is 0 Å². The molecule has 0 amide bonds. The van der Waals surface area contributed by atoms with Gasteiger partial charge in [0.1, 0.15) is 12.1 Å². The second-order valence-electron chi connectivity index (χ2n) is 5.41. The van der Waals surface area contributed by atoms with E-state index in [1.165, 1.54) is 12.8 Å². The first kappa shape index (κ1) is 13.3. The van der Waals surface area contributed by atoms with Crippen molar-refractivity contribution in [3.8, 4) is 0 Å². The van der Waals surface area contributed by atoms with Crippen LogP contribution in [0.15, 0.2) is 30.6 Å². The molecule has 0 radical (unpaired) electrons. The summed E-state index contributed by atoms with van der Waals surface area (Å²) in [6.45, 7) is 5.47. The van der Waals surface area contributed by atoms with Gasteiger partial charge in [-0.05, 0) is 37.9 Å². The third kappa shape index (κ3) is 2.61. The van der Waals surface area contributed by atoms with Gasteiger partial charge in [-0.25, -0.2) is 9.97 Å². The fraction of sp³-hybridized carbons (Fsp3) is 0.500. The Kier molecular flexibility index (Phi) is 4.11. The van der Waals surface area contributed by atoms with Gasteiger partial charge < -0.3 is 10.2 Å². The van der Waals surface area contributed by atoms with Crippen molar-refractivity contribution in [3.05, 3.63) is 30.6 Å². The number of fused-ring (bicyclic) bond motifs is 1.